The van der Waals surface area contributed by atoms with Crippen molar-refractivity contribution in [3.63, 3.8) is 0 Å². The number of rotatable bonds is 13. The third-order valence-corrected chi connectivity index (χ3v) is 7.78. The lowest BCUT2D eigenvalue weighted by Crippen LogP contribution is -2.25. The molecule has 0 aliphatic heterocycles. The molecule has 0 aromatic heterocycles. The molecule has 0 saturated heterocycles. The Morgan fingerprint density at radius 3 is 1.72 bits per heavy atom. The van der Waals surface area contributed by atoms with Crippen LogP contribution < -0.4 is 9.47 Å². The minimum absolute atomic E-state index is 0.0263. The van der Waals surface area contributed by atoms with Gasteiger partial charge in [-0.2, -0.15) is 0 Å². The van der Waals surface area contributed by atoms with Crippen LogP contribution in [0.15, 0.2) is 103 Å². The molecular formula is C37H38O9. The summed E-state index contributed by atoms with van der Waals surface area (Å²) in [7, 11) is 1.50. The second kappa shape index (κ2) is 15.9. The molecule has 0 heterocycles. The van der Waals surface area contributed by atoms with Gasteiger partial charge in [0, 0.05) is 7.11 Å². The summed E-state index contributed by atoms with van der Waals surface area (Å²) in [4.78, 5) is 36.6. The zero-order valence-electron chi connectivity index (χ0n) is 25.8. The van der Waals surface area contributed by atoms with Gasteiger partial charge in [0.05, 0.1) is 36.5 Å². The van der Waals surface area contributed by atoms with Crippen molar-refractivity contribution in [3.8, 4) is 33.8 Å². The number of methoxy groups -OCH3 is 1. The molecule has 240 valence electrons. The number of benzene rings is 3. The third kappa shape index (κ3) is 8.66. The molecule has 3 aromatic carbocycles. The molecule has 1 fully saturated rings. The van der Waals surface area contributed by atoms with Crippen LogP contribution in [0.1, 0.15) is 37.2 Å². The van der Waals surface area contributed by atoms with Crippen molar-refractivity contribution in [2.24, 2.45) is 0 Å². The third-order valence-electron chi connectivity index (χ3n) is 7.78. The normalized spacial score (nSPS) is 15.8. The van der Waals surface area contributed by atoms with Crippen molar-refractivity contribution in [1.29, 1.82) is 0 Å². The first-order valence-corrected chi connectivity index (χ1v) is 14.9. The van der Waals surface area contributed by atoms with E-state index in [1.165, 1.54) is 7.11 Å². The van der Waals surface area contributed by atoms with Crippen LogP contribution in [0.4, 0.5) is 0 Å². The lowest BCUT2D eigenvalue weighted by Gasteiger charge is -2.30. The van der Waals surface area contributed by atoms with Crippen LogP contribution in [0, 0.1) is 0 Å². The van der Waals surface area contributed by atoms with Crippen LogP contribution in [0.25, 0.3) is 22.3 Å². The van der Waals surface area contributed by atoms with E-state index in [4.69, 9.17) is 24.1 Å². The minimum atomic E-state index is -0.698. The van der Waals surface area contributed by atoms with Gasteiger partial charge in [0.15, 0.2) is 0 Å². The number of carbonyl (C=O) groups is 3. The Hall–Kier alpha value is -4.83. The van der Waals surface area contributed by atoms with Gasteiger partial charge in [-0.15, -0.1) is 0 Å². The largest absolute Gasteiger partial charge is 0.459 e. The molecule has 0 radical (unpaired) electrons. The molecule has 0 spiro atoms. The molecule has 0 atom stereocenters. The fraction of sp³-hybridized carbons (Fsp3) is 0.270. The zero-order chi connectivity index (χ0) is 33.2. The smallest absolute Gasteiger partial charge is 0.341 e. The summed E-state index contributed by atoms with van der Waals surface area (Å²) >= 11 is 0. The van der Waals surface area contributed by atoms with Crippen molar-refractivity contribution >= 4 is 17.9 Å². The number of hydrogen-bond donors (Lipinski definition) is 2. The number of aliphatic hydroxyl groups excluding tert-OH is 2. The van der Waals surface area contributed by atoms with Crippen LogP contribution in [0.5, 0.6) is 11.5 Å². The summed E-state index contributed by atoms with van der Waals surface area (Å²) in [6, 6.07) is 20.5. The number of carbonyl (C=O) groups excluding carboxylic acids is 3. The quantitative estimate of drug-likeness (QED) is 0.139. The summed E-state index contributed by atoms with van der Waals surface area (Å²) in [5.41, 5.74) is 5.02. The van der Waals surface area contributed by atoms with Crippen molar-refractivity contribution in [1.82, 2.24) is 0 Å². The van der Waals surface area contributed by atoms with Gasteiger partial charge in [0.25, 0.3) is 0 Å². The number of aliphatic hydroxyl groups is 2. The lowest BCUT2D eigenvalue weighted by atomic mass is 9.79. The summed E-state index contributed by atoms with van der Waals surface area (Å²) < 4.78 is 21.4. The van der Waals surface area contributed by atoms with Gasteiger partial charge in [0.2, 0.25) is 0 Å². The second-order valence-electron chi connectivity index (χ2n) is 11.1. The summed E-state index contributed by atoms with van der Waals surface area (Å²) in [6.07, 6.45) is 2.61. The van der Waals surface area contributed by atoms with Crippen molar-refractivity contribution < 1.29 is 43.5 Å². The second-order valence-corrected chi connectivity index (χ2v) is 11.1. The molecule has 0 amide bonds. The average molecular weight is 627 g/mol. The average Bonchev–Trinajstić information content (AvgIpc) is 3.08. The predicted molar refractivity (Wildman–Crippen MR) is 173 cm³/mol. The first-order chi connectivity index (χ1) is 22.1. The maximum atomic E-state index is 12.3. The first kappa shape index (κ1) is 34.1. The van der Waals surface area contributed by atoms with E-state index < -0.39 is 31.1 Å². The number of hydrogen-bond acceptors (Lipinski definition) is 9. The van der Waals surface area contributed by atoms with Crippen LogP contribution in [-0.4, -0.2) is 61.2 Å². The molecule has 0 unspecified atom stereocenters. The standard InChI is InChI=1S/C37H38O9/c1-23(20-38)35(40)44-30-13-9-27(10-14-30)26-5-7-28(8-6-26)33-18-17-32(46-36(41)24(2)21-39)19-34(33)29-11-15-31(16-12-29)45-37(42)25(3)22-43-4/h5-10,13-14,17-19,29,31,38-39H,1-3,11-12,15-16,20-22H2,4H3. The predicted octanol–water partition coefficient (Wildman–Crippen LogP) is 5.70. The molecule has 3 aromatic rings. The molecule has 4 rings (SSSR count). The molecular weight excluding hydrogens is 588 g/mol. The van der Waals surface area contributed by atoms with Gasteiger partial charge in [-0.25, -0.2) is 14.4 Å². The highest BCUT2D eigenvalue weighted by molar-refractivity contribution is 5.90. The Bertz CT molecular complexity index is 1590. The maximum Gasteiger partial charge on any atom is 0.341 e. The van der Waals surface area contributed by atoms with E-state index in [-0.39, 0.29) is 35.3 Å². The summed E-state index contributed by atoms with van der Waals surface area (Å²) in [5, 5.41) is 18.4. The molecule has 2 N–H and O–H groups in total. The van der Waals surface area contributed by atoms with Crippen LogP contribution in [-0.2, 0) is 23.9 Å². The van der Waals surface area contributed by atoms with Crippen LogP contribution in [0.2, 0.25) is 0 Å². The van der Waals surface area contributed by atoms with E-state index in [1.54, 1.807) is 18.2 Å². The Kier molecular flexibility index (Phi) is 11.8. The van der Waals surface area contributed by atoms with E-state index >= 15 is 0 Å². The minimum Gasteiger partial charge on any atom is -0.459 e. The molecule has 1 saturated carbocycles. The zero-order valence-corrected chi connectivity index (χ0v) is 25.8. The van der Waals surface area contributed by atoms with Gasteiger partial charge >= 0.3 is 17.9 Å². The Labute approximate surface area is 268 Å². The molecule has 46 heavy (non-hydrogen) atoms. The Morgan fingerprint density at radius 1 is 0.674 bits per heavy atom. The number of esters is 3. The van der Waals surface area contributed by atoms with Crippen LogP contribution in [0.3, 0.4) is 0 Å². The Balaban J connectivity index is 1.54. The van der Waals surface area contributed by atoms with E-state index in [2.05, 4.69) is 19.7 Å². The van der Waals surface area contributed by atoms with Crippen molar-refractivity contribution in [3.05, 3.63) is 109 Å². The molecule has 1 aliphatic carbocycles. The first-order valence-electron chi connectivity index (χ1n) is 14.9. The van der Waals surface area contributed by atoms with E-state index in [0.717, 1.165) is 40.7 Å². The SMILES string of the molecule is C=C(CO)C(=O)Oc1ccc(-c2ccc(-c3ccc(OC(=O)C(=C)CO)cc3C3CCC(OC(=O)C(=C)COC)CC3)cc2)cc1. The number of ether oxygens (including phenoxy) is 4. The van der Waals surface area contributed by atoms with Crippen molar-refractivity contribution in [2.45, 2.75) is 37.7 Å². The molecule has 1 aliphatic rings. The van der Waals surface area contributed by atoms with Gasteiger partial charge in [0.1, 0.15) is 17.6 Å². The topological polar surface area (TPSA) is 129 Å². The highest BCUT2D eigenvalue weighted by Gasteiger charge is 2.28. The highest BCUT2D eigenvalue weighted by atomic mass is 16.6. The van der Waals surface area contributed by atoms with Gasteiger partial charge in [-0.1, -0.05) is 62.2 Å². The van der Waals surface area contributed by atoms with E-state index in [9.17, 15) is 19.5 Å². The summed E-state index contributed by atoms with van der Waals surface area (Å²) in [5.74, 6) is -1.02. The van der Waals surface area contributed by atoms with Gasteiger partial charge in [-0.05, 0) is 83.7 Å². The van der Waals surface area contributed by atoms with Gasteiger partial charge < -0.3 is 29.2 Å². The van der Waals surface area contributed by atoms with Crippen LogP contribution >= 0.6 is 0 Å². The maximum absolute atomic E-state index is 12.3. The van der Waals surface area contributed by atoms with E-state index in [1.807, 2.05) is 48.5 Å². The monoisotopic (exact) mass is 626 g/mol. The molecule has 9 nitrogen and oxygen atoms in total. The fourth-order valence-electron chi connectivity index (χ4n) is 5.21. The lowest BCUT2D eigenvalue weighted by molar-refractivity contribution is -0.146. The molecule has 9 heteroatoms. The Morgan fingerprint density at radius 2 is 1.17 bits per heavy atom. The fourth-order valence-corrected chi connectivity index (χ4v) is 5.21. The summed E-state index contributed by atoms with van der Waals surface area (Å²) in [6.45, 7) is 9.90. The molecule has 0 bridgehead atoms. The van der Waals surface area contributed by atoms with Gasteiger partial charge in [-0.3, -0.25) is 0 Å². The van der Waals surface area contributed by atoms with E-state index in [0.29, 0.717) is 24.3 Å². The van der Waals surface area contributed by atoms with Crippen molar-refractivity contribution in [2.75, 3.05) is 26.9 Å². The highest BCUT2D eigenvalue weighted by Crippen LogP contribution is 2.41.